The first kappa shape index (κ1) is 22.2. The summed E-state index contributed by atoms with van der Waals surface area (Å²) in [5.74, 6) is 1.82. The number of hydrogen-bond donors (Lipinski definition) is 0. The average molecular weight is 531 g/mol. The first-order valence-corrected chi connectivity index (χ1v) is 11.8. The molecule has 0 saturated carbocycles. The van der Waals surface area contributed by atoms with Crippen LogP contribution in [0.15, 0.2) is 97.1 Å². The van der Waals surface area contributed by atoms with Crippen molar-refractivity contribution in [2.75, 3.05) is 14.2 Å². The summed E-state index contributed by atoms with van der Waals surface area (Å²) >= 11 is -0.550. The summed E-state index contributed by atoms with van der Waals surface area (Å²) in [6, 6.07) is 34.0. The summed E-state index contributed by atoms with van der Waals surface area (Å²) in [7, 11) is 3.46. The molecule has 2 nitrogen and oxygen atoms in total. The maximum Gasteiger partial charge on any atom is -0.147 e. The van der Waals surface area contributed by atoms with Crippen molar-refractivity contribution < 1.29 is 9.47 Å². The van der Waals surface area contributed by atoms with Gasteiger partial charge in [0.25, 0.3) is 0 Å². The molecule has 0 unspecified atom stereocenters. The maximum atomic E-state index is 5.61. The van der Waals surface area contributed by atoms with Gasteiger partial charge in [-0.2, -0.15) is 0 Å². The third-order valence-electron chi connectivity index (χ3n) is 4.75. The van der Waals surface area contributed by atoms with Crippen molar-refractivity contribution in [1.82, 2.24) is 0 Å². The van der Waals surface area contributed by atoms with E-state index in [0.29, 0.717) is 0 Å². The van der Waals surface area contributed by atoms with E-state index >= 15 is 0 Å². The second-order valence-electron chi connectivity index (χ2n) is 6.56. The Balaban J connectivity index is 0.00000256. The number of benzene rings is 4. The van der Waals surface area contributed by atoms with Crippen LogP contribution in [0.25, 0.3) is 22.3 Å². The molecular weight excluding hydrogens is 507 g/mol. The normalized spacial score (nSPS) is 10.2. The van der Waals surface area contributed by atoms with Crippen LogP contribution in [0, 0.1) is 0 Å². The third-order valence-corrected chi connectivity index (χ3v) is 7.54. The Kier molecular flexibility index (Phi) is 7.82. The Bertz CT molecular complexity index is 1010. The van der Waals surface area contributed by atoms with Crippen molar-refractivity contribution in [2.45, 2.75) is 0 Å². The fourth-order valence-corrected chi connectivity index (χ4v) is 5.89. The minimum absolute atomic E-state index is 0. The van der Waals surface area contributed by atoms with Crippen LogP contribution < -0.4 is 16.7 Å². The van der Waals surface area contributed by atoms with Crippen molar-refractivity contribution in [1.29, 1.82) is 0 Å². The van der Waals surface area contributed by atoms with Gasteiger partial charge >= 0.3 is 183 Å². The summed E-state index contributed by atoms with van der Waals surface area (Å²) in [4.78, 5) is 0. The van der Waals surface area contributed by atoms with Crippen molar-refractivity contribution in [2.24, 2.45) is 0 Å². The molecule has 0 saturated heterocycles. The maximum absolute atomic E-state index is 5.61. The van der Waals surface area contributed by atoms with Gasteiger partial charge in [0.1, 0.15) is 0 Å². The zero-order valence-electron chi connectivity index (χ0n) is 16.9. The molecule has 0 aliphatic carbocycles. The molecule has 0 radical (unpaired) electrons. The minimum Gasteiger partial charge on any atom is -0.147 e. The van der Waals surface area contributed by atoms with Crippen LogP contribution in [0.4, 0.5) is 0 Å². The summed E-state index contributed by atoms with van der Waals surface area (Å²) < 4.78 is 14.0. The standard InChI is InChI=1S/C26H22O2Te.ClH/c1-27-25-15-13-21(17-23(25)19-9-5-3-6-10-19)29-22-14-16-26(28-2)24(18-22)20-11-7-4-8-12-20;/h3-18H,1-2H3;1H. The first-order valence-electron chi connectivity index (χ1n) is 9.43. The predicted molar refractivity (Wildman–Crippen MR) is 129 cm³/mol. The Labute approximate surface area is 194 Å². The number of ether oxygens (including phenoxy) is 2. The van der Waals surface area contributed by atoms with E-state index in [2.05, 4.69) is 84.9 Å². The van der Waals surface area contributed by atoms with Gasteiger partial charge in [0.15, 0.2) is 0 Å². The molecule has 152 valence electrons. The van der Waals surface area contributed by atoms with Gasteiger partial charge in [-0.25, -0.2) is 0 Å². The second kappa shape index (κ2) is 10.5. The zero-order valence-corrected chi connectivity index (χ0v) is 20.0. The van der Waals surface area contributed by atoms with Crippen LogP contribution in [0.2, 0.25) is 0 Å². The monoisotopic (exact) mass is 532 g/mol. The summed E-state index contributed by atoms with van der Waals surface area (Å²) in [5, 5.41) is 0. The molecule has 0 fully saturated rings. The van der Waals surface area contributed by atoms with E-state index in [9.17, 15) is 0 Å². The molecule has 0 aromatic heterocycles. The van der Waals surface area contributed by atoms with Gasteiger partial charge in [-0.3, -0.25) is 0 Å². The predicted octanol–water partition coefficient (Wildman–Crippen LogP) is 5.11. The molecule has 0 bridgehead atoms. The number of hydrogen-bond acceptors (Lipinski definition) is 2. The number of rotatable bonds is 6. The van der Waals surface area contributed by atoms with E-state index in [0.717, 1.165) is 22.6 Å². The first-order chi connectivity index (χ1) is 14.3. The SMILES string of the molecule is COc1ccc([Te]c2ccc(OC)c(-c3ccccc3)c2)cc1-c1ccccc1.Cl. The Morgan fingerprint density at radius 3 is 1.30 bits per heavy atom. The zero-order chi connectivity index (χ0) is 20.1. The molecule has 0 amide bonds. The number of halogens is 1. The van der Waals surface area contributed by atoms with Crippen molar-refractivity contribution in [3.05, 3.63) is 97.1 Å². The van der Waals surface area contributed by atoms with Crippen molar-refractivity contribution in [3.63, 3.8) is 0 Å². The van der Waals surface area contributed by atoms with Gasteiger partial charge in [0.2, 0.25) is 0 Å². The molecule has 4 aromatic carbocycles. The molecule has 4 heteroatoms. The molecule has 30 heavy (non-hydrogen) atoms. The largest absolute Gasteiger partial charge is 0.147 e. The Morgan fingerprint density at radius 2 is 0.933 bits per heavy atom. The van der Waals surface area contributed by atoms with Gasteiger partial charge in [-0.1, -0.05) is 0 Å². The molecule has 4 aromatic rings. The molecule has 0 aliphatic rings. The van der Waals surface area contributed by atoms with Gasteiger partial charge in [0, 0.05) is 0 Å². The van der Waals surface area contributed by atoms with Crippen LogP contribution >= 0.6 is 12.4 Å². The number of methoxy groups -OCH3 is 2. The van der Waals surface area contributed by atoms with E-state index in [1.54, 1.807) is 14.2 Å². The third kappa shape index (κ3) is 4.99. The molecular formula is C26H23ClO2Te. The van der Waals surface area contributed by atoms with Crippen LogP contribution in [-0.4, -0.2) is 35.1 Å². The van der Waals surface area contributed by atoms with Gasteiger partial charge < -0.3 is 0 Å². The van der Waals surface area contributed by atoms with E-state index in [1.165, 1.54) is 18.3 Å². The fraction of sp³-hybridized carbons (Fsp3) is 0.0769. The molecule has 0 N–H and O–H groups in total. The topological polar surface area (TPSA) is 18.5 Å². The van der Waals surface area contributed by atoms with E-state index in [1.807, 2.05) is 12.1 Å². The summed E-state index contributed by atoms with van der Waals surface area (Å²) in [5.41, 5.74) is 4.65. The summed E-state index contributed by atoms with van der Waals surface area (Å²) in [6.45, 7) is 0. The van der Waals surface area contributed by atoms with E-state index in [-0.39, 0.29) is 12.4 Å². The van der Waals surface area contributed by atoms with Crippen LogP contribution in [-0.2, 0) is 0 Å². The summed E-state index contributed by atoms with van der Waals surface area (Å²) in [6.07, 6.45) is 0. The van der Waals surface area contributed by atoms with E-state index < -0.39 is 20.9 Å². The van der Waals surface area contributed by atoms with Crippen molar-refractivity contribution >= 4 is 40.6 Å². The average Bonchev–Trinajstić information content (AvgIpc) is 2.80. The smallest absolute Gasteiger partial charge is 0.147 e. The fourth-order valence-electron chi connectivity index (χ4n) is 3.32. The Morgan fingerprint density at radius 1 is 0.533 bits per heavy atom. The van der Waals surface area contributed by atoms with Gasteiger partial charge in [-0.15, -0.1) is 12.4 Å². The minimum atomic E-state index is -0.550. The molecule has 4 rings (SSSR count). The molecule has 0 heterocycles. The van der Waals surface area contributed by atoms with Crippen molar-refractivity contribution in [3.8, 4) is 33.8 Å². The molecule has 0 aliphatic heterocycles. The van der Waals surface area contributed by atoms with Crippen LogP contribution in [0.1, 0.15) is 0 Å². The van der Waals surface area contributed by atoms with Crippen LogP contribution in [0.5, 0.6) is 11.5 Å². The van der Waals surface area contributed by atoms with Gasteiger partial charge in [0.05, 0.1) is 0 Å². The van der Waals surface area contributed by atoms with Gasteiger partial charge in [-0.05, 0) is 0 Å². The second-order valence-corrected chi connectivity index (χ2v) is 9.83. The molecule has 0 spiro atoms. The van der Waals surface area contributed by atoms with E-state index in [4.69, 9.17) is 9.47 Å². The quantitative estimate of drug-likeness (QED) is 0.323. The van der Waals surface area contributed by atoms with Crippen LogP contribution in [0.3, 0.4) is 0 Å². The Hall–Kier alpha value is -2.44. The molecule has 0 atom stereocenters.